The number of alkyl halides is 3. The standard InChI is InChI=1S/C20H19F3N4O/c1-11-10-25-16-9-14(19(28)27-18(16)26-11)12-4-6-13(7-5-12)17-15(20(21,22)23)3-2-8-24-17/h2-3,8-10,12-13H,4-7H2,1H3,(H,26,27,28). The van der Waals surface area contributed by atoms with Gasteiger partial charge in [-0.2, -0.15) is 13.2 Å². The molecule has 0 amide bonds. The number of pyridine rings is 2. The van der Waals surface area contributed by atoms with Crippen LogP contribution in [0.25, 0.3) is 11.2 Å². The second-order valence-corrected chi connectivity index (χ2v) is 7.28. The molecule has 28 heavy (non-hydrogen) atoms. The number of nitrogens with zero attached hydrogens (tertiary/aromatic N) is 3. The van der Waals surface area contributed by atoms with E-state index >= 15 is 0 Å². The summed E-state index contributed by atoms with van der Waals surface area (Å²) in [5.41, 5.74) is 1.66. The van der Waals surface area contributed by atoms with E-state index in [9.17, 15) is 18.0 Å². The Morgan fingerprint density at radius 3 is 2.54 bits per heavy atom. The Bertz CT molecular complexity index is 1070. The van der Waals surface area contributed by atoms with Crippen molar-refractivity contribution >= 4 is 11.2 Å². The minimum absolute atomic E-state index is 0.00875. The molecular weight excluding hydrogens is 369 g/mol. The minimum atomic E-state index is -4.41. The van der Waals surface area contributed by atoms with Crippen molar-refractivity contribution in [1.82, 2.24) is 19.9 Å². The highest BCUT2D eigenvalue weighted by molar-refractivity contribution is 5.70. The molecule has 1 N–H and O–H groups in total. The predicted molar refractivity (Wildman–Crippen MR) is 98.1 cm³/mol. The van der Waals surface area contributed by atoms with E-state index in [4.69, 9.17) is 0 Å². The van der Waals surface area contributed by atoms with Crippen LogP contribution in [0.3, 0.4) is 0 Å². The molecule has 8 heteroatoms. The van der Waals surface area contributed by atoms with Gasteiger partial charge in [0.15, 0.2) is 5.65 Å². The molecule has 4 rings (SSSR count). The third-order valence-electron chi connectivity index (χ3n) is 5.41. The Morgan fingerprint density at radius 1 is 1.11 bits per heavy atom. The van der Waals surface area contributed by atoms with Gasteiger partial charge < -0.3 is 4.98 Å². The van der Waals surface area contributed by atoms with Gasteiger partial charge >= 0.3 is 6.18 Å². The molecule has 0 unspecified atom stereocenters. The predicted octanol–water partition coefficient (Wildman–Crippen LogP) is 4.48. The van der Waals surface area contributed by atoms with Crippen molar-refractivity contribution in [2.75, 3.05) is 0 Å². The van der Waals surface area contributed by atoms with Crippen molar-refractivity contribution in [2.45, 2.75) is 50.6 Å². The van der Waals surface area contributed by atoms with Crippen LogP contribution in [0, 0.1) is 6.92 Å². The molecular formula is C20H19F3N4O. The highest BCUT2D eigenvalue weighted by Crippen LogP contribution is 2.43. The first-order valence-electron chi connectivity index (χ1n) is 9.21. The van der Waals surface area contributed by atoms with Crippen molar-refractivity contribution in [3.05, 3.63) is 63.5 Å². The van der Waals surface area contributed by atoms with Gasteiger partial charge in [0.1, 0.15) is 5.52 Å². The number of hydrogen-bond acceptors (Lipinski definition) is 4. The van der Waals surface area contributed by atoms with E-state index in [-0.39, 0.29) is 23.1 Å². The molecule has 1 aliphatic rings. The highest BCUT2D eigenvalue weighted by atomic mass is 19.4. The zero-order valence-corrected chi connectivity index (χ0v) is 15.3. The fourth-order valence-corrected chi connectivity index (χ4v) is 4.04. The van der Waals surface area contributed by atoms with Gasteiger partial charge in [-0.15, -0.1) is 0 Å². The van der Waals surface area contributed by atoms with Crippen molar-refractivity contribution < 1.29 is 13.2 Å². The van der Waals surface area contributed by atoms with E-state index in [0.29, 0.717) is 48.1 Å². The number of aromatic nitrogens is 4. The molecule has 0 aromatic carbocycles. The summed E-state index contributed by atoms with van der Waals surface area (Å²) in [6.07, 6.45) is 1.02. The third-order valence-corrected chi connectivity index (χ3v) is 5.41. The van der Waals surface area contributed by atoms with Crippen LogP contribution in [-0.4, -0.2) is 19.9 Å². The highest BCUT2D eigenvalue weighted by Gasteiger charge is 2.37. The third kappa shape index (κ3) is 3.50. The smallest absolute Gasteiger partial charge is 0.305 e. The molecule has 0 radical (unpaired) electrons. The molecule has 0 bridgehead atoms. The van der Waals surface area contributed by atoms with E-state index < -0.39 is 11.7 Å². The van der Waals surface area contributed by atoms with Crippen LogP contribution in [0.4, 0.5) is 13.2 Å². The average Bonchev–Trinajstić information content (AvgIpc) is 2.67. The lowest BCUT2D eigenvalue weighted by atomic mass is 9.77. The largest absolute Gasteiger partial charge is 0.418 e. The lowest BCUT2D eigenvalue weighted by Crippen LogP contribution is -2.22. The number of aromatic amines is 1. The van der Waals surface area contributed by atoms with Crippen LogP contribution in [-0.2, 0) is 6.18 Å². The van der Waals surface area contributed by atoms with Crippen LogP contribution >= 0.6 is 0 Å². The number of aryl methyl sites for hydroxylation is 1. The zero-order chi connectivity index (χ0) is 19.9. The first kappa shape index (κ1) is 18.6. The number of halogens is 3. The van der Waals surface area contributed by atoms with Crippen molar-refractivity contribution in [1.29, 1.82) is 0 Å². The monoisotopic (exact) mass is 388 g/mol. The molecule has 1 saturated carbocycles. The van der Waals surface area contributed by atoms with Crippen LogP contribution in [0.5, 0.6) is 0 Å². The Kier molecular flexibility index (Phi) is 4.64. The fraction of sp³-hybridized carbons (Fsp3) is 0.400. The molecule has 0 spiro atoms. The van der Waals surface area contributed by atoms with Crippen molar-refractivity contribution in [3.8, 4) is 0 Å². The van der Waals surface area contributed by atoms with Crippen LogP contribution in [0.2, 0.25) is 0 Å². The van der Waals surface area contributed by atoms with E-state index in [1.165, 1.54) is 12.3 Å². The van der Waals surface area contributed by atoms with E-state index in [2.05, 4.69) is 19.9 Å². The molecule has 0 atom stereocenters. The minimum Gasteiger partial charge on any atom is -0.305 e. The number of hydrogen-bond donors (Lipinski definition) is 1. The summed E-state index contributed by atoms with van der Waals surface area (Å²) in [6, 6.07) is 4.16. The van der Waals surface area contributed by atoms with Gasteiger partial charge in [0.25, 0.3) is 5.56 Å². The first-order valence-corrected chi connectivity index (χ1v) is 9.21. The SMILES string of the molecule is Cc1cnc2cc(C3CCC(c4ncccc4C(F)(F)F)CC3)c(=O)[nH]c2n1. The first-order chi connectivity index (χ1) is 13.3. The average molecular weight is 388 g/mol. The summed E-state index contributed by atoms with van der Waals surface area (Å²) in [6.45, 7) is 1.80. The van der Waals surface area contributed by atoms with Gasteiger partial charge in [-0.1, -0.05) is 0 Å². The maximum atomic E-state index is 13.3. The number of fused-ring (bicyclic) bond motifs is 1. The maximum absolute atomic E-state index is 13.3. The van der Waals surface area contributed by atoms with Gasteiger partial charge in [-0.05, 0) is 56.7 Å². The molecule has 1 fully saturated rings. The molecule has 3 aromatic rings. The molecule has 1 aliphatic carbocycles. The number of rotatable bonds is 2. The second kappa shape index (κ2) is 7.00. The van der Waals surface area contributed by atoms with E-state index in [1.54, 1.807) is 19.2 Å². The van der Waals surface area contributed by atoms with Crippen LogP contribution in [0.15, 0.2) is 35.4 Å². The Balaban J connectivity index is 1.57. The number of nitrogens with one attached hydrogen (secondary N) is 1. The van der Waals surface area contributed by atoms with Gasteiger partial charge in [0, 0.05) is 23.9 Å². The topological polar surface area (TPSA) is 71.5 Å². The van der Waals surface area contributed by atoms with Crippen LogP contribution < -0.4 is 5.56 Å². The van der Waals surface area contributed by atoms with Gasteiger partial charge in [0.05, 0.1) is 17.0 Å². The number of H-pyrrole nitrogens is 1. The molecule has 0 aliphatic heterocycles. The summed E-state index contributed by atoms with van der Waals surface area (Å²) in [4.78, 5) is 27.9. The van der Waals surface area contributed by atoms with E-state index in [0.717, 1.165) is 6.07 Å². The lowest BCUT2D eigenvalue weighted by Gasteiger charge is -2.29. The van der Waals surface area contributed by atoms with Crippen LogP contribution in [0.1, 0.15) is 60.0 Å². The Labute approximate surface area is 159 Å². The summed E-state index contributed by atoms with van der Waals surface area (Å²) >= 11 is 0. The molecule has 3 aromatic heterocycles. The van der Waals surface area contributed by atoms with Gasteiger partial charge in [-0.25, -0.2) is 4.98 Å². The summed E-state index contributed by atoms with van der Waals surface area (Å²) in [7, 11) is 0. The maximum Gasteiger partial charge on any atom is 0.418 e. The van der Waals surface area contributed by atoms with Crippen molar-refractivity contribution in [3.63, 3.8) is 0 Å². The summed E-state index contributed by atoms with van der Waals surface area (Å²) in [5, 5.41) is 0. The molecule has 0 saturated heterocycles. The second-order valence-electron chi connectivity index (χ2n) is 7.28. The van der Waals surface area contributed by atoms with Crippen molar-refractivity contribution in [2.24, 2.45) is 0 Å². The van der Waals surface area contributed by atoms with Gasteiger partial charge in [-0.3, -0.25) is 14.8 Å². The van der Waals surface area contributed by atoms with Gasteiger partial charge in [0.2, 0.25) is 0 Å². The summed E-state index contributed by atoms with van der Waals surface area (Å²) < 4.78 is 39.8. The Hall–Kier alpha value is -2.77. The normalized spacial score (nSPS) is 20.4. The zero-order valence-electron chi connectivity index (χ0n) is 15.3. The molecule has 146 valence electrons. The van der Waals surface area contributed by atoms with E-state index in [1.807, 2.05) is 0 Å². The quantitative estimate of drug-likeness (QED) is 0.703. The molecule has 3 heterocycles. The Morgan fingerprint density at radius 2 is 1.82 bits per heavy atom. The fourth-order valence-electron chi connectivity index (χ4n) is 4.04. The summed E-state index contributed by atoms with van der Waals surface area (Å²) in [5.74, 6) is -0.262. The molecule has 5 nitrogen and oxygen atoms in total. The lowest BCUT2D eigenvalue weighted by molar-refractivity contribution is -0.138.